The lowest BCUT2D eigenvalue weighted by Gasteiger charge is -2.31. The third-order valence-electron chi connectivity index (χ3n) is 4.11. The van der Waals surface area contributed by atoms with Crippen molar-refractivity contribution in [3.05, 3.63) is 29.8 Å². The molecule has 0 aliphatic carbocycles. The van der Waals surface area contributed by atoms with Gasteiger partial charge in [-0.05, 0) is 37.5 Å². The van der Waals surface area contributed by atoms with E-state index in [-0.39, 0.29) is 54.4 Å². The lowest BCUT2D eigenvalue weighted by molar-refractivity contribution is -0.153. The minimum absolute atomic E-state index is 0. The first-order valence-electron chi connectivity index (χ1n) is 9.03. The number of carbonyl (C=O) groups is 1. The fraction of sp³-hybridized carbons (Fsp3) is 0.556. The van der Waals surface area contributed by atoms with Gasteiger partial charge in [0.2, 0.25) is 0 Å². The number of nitrogens with one attached hydrogen (secondary N) is 1. The van der Waals surface area contributed by atoms with E-state index in [0.29, 0.717) is 25.3 Å². The van der Waals surface area contributed by atoms with Crippen LogP contribution in [0.15, 0.2) is 29.3 Å². The maximum Gasteiger partial charge on any atom is 0.422 e. The molecule has 1 aromatic carbocycles. The Morgan fingerprint density at radius 2 is 2.03 bits per heavy atom. The van der Waals surface area contributed by atoms with E-state index in [1.54, 1.807) is 24.0 Å². The van der Waals surface area contributed by atoms with E-state index >= 15 is 0 Å². The van der Waals surface area contributed by atoms with Gasteiger partial charge < -0.3 is 25.4 Å². The molecule has 1 aliphatic rings. The van der Waals surface area contributed by atoms with Crippen molar-refractivity contribution in [2.75, 3.05) is 26.3 Å². The van der Waals surface area contributed by atoms with Crippen molar-refractivity contribution < 1.29 is 27.4 Å². The summed E-state index contributed by atoms with van der Waals surface area (Å²) in [4.78, 5) is 17.6. The van der Waals surface area contributed by atoms with Crippen LogP contribution in [0, 0.1) is 0 Å². The van der Waals surface area contributed by atoms with Crippen LogP contribution >= 0.6 is 24.0 Å². The third-order valence-corrected chi connectivity index (χ3v) is 4.11. The monoisotopic (exact) mass is 530 g/mol. The minimum Gasteiger partial charge on any atom is -0.484 e. The smallest absolute Gasteiger partial charge is 0.422 e. The molecule has 1 aliphatic heterocycles. The molecule has 0 radical (unpaired) electrons. The summed E-state index contributed by atoms with van der Waals surface area (Å²) in [7, 11) is 0. The van der Waals surface area contributed by atoms with Gasteiger partial charge >= 0.3 is 12.3 Å². The normalized spacial score (nSPS) is 15.4. The van der Waals surface area contributed by atoms with Gasteiger partial charge in [0.15, 0.2) is 12.6 Å². The first-order valence-corrected chi connectivity index (χ1v) is 9.03. The van der Waals surface area contributed by atoms with Crippen LogP contribution in [-0.4, -0.2) is 55.5 Å². The van der Waals surface area contributed by atoms with Crippen LogP contribution in [0.2, 0.25) is 0 Å². The van der Waals surface area contributed by atoms with Crippen LogP contribution in [0.5, 0.6) is 5.75 Å². The van der Waals surface area contributed by atoms with E-state index in [1.807, 2.05) is 0 Å². The summed E-state index contributed by atoms with van der Waals surface area (Å²) in [5.41, 5.74) is 6.58. The Morgan fingerprint density at radius 3 is 2.66 bits per heavy atom. The zero-order valence-electron chi connectivity index (χ0n) is 16.1. The Kier molecular flexibility index (Phi) is 10.3. The largest absolute Gasteiger partial charge is 0.484 e. The first kappa shape index (κ1) is 25.1. The van der Waals surface area contributed by atoms with Crippen LogP contribution in [0.4, 0.5) is 18.0 Å². The SMILES string of the molecule is CCOC(=O)N1CCC(NC(N)=NCc2cccc(OCC(F)(F)F)c2)CC1.I. The summed E-state index contributed by atoms with van der Waals surface area (Å²) in [5.74, 6) is 0.374. The molecule has 29 heavy (non-hydrogen) atoms. The van der Waals surface area contributed by atoms with Gasteiger partial charge in [-0.25, -0.2) is 9.79 Å². The molecule has 1 saturated heterocycles. The zero-order chi connectivity index (χ0) is 20.6. The van der Waals surface area contributed by atoms with Crippen molar-refractivity contribution in [3.63, 3.8) is 0 Å². The summed E-state index contributed by atoms with van der Waals surface area (Å²) >= 11 is 0. The Balaban J connectivity index is 0.00000420. The highest BCUT2D eigenvalue weighted by atomic mass is 127. The van der Waals surface area contributed by atoms with E-state index in [2.05, 4.69) is 10.3 Å². The number of nitrogens with zero attached hydrogens (tertiary/aromatic N) is 2. The number of carbonyl (C=O) groups excluding carboxylic acids is 1. The Labute approximate surface area is 184 Å². The number of benzene rings is 1. The first-order chi connectivity index (χ1) is 13.3. The molecule has 0 aromatic heterocycles. The molecule has 0 bridgehead atoms. The maximum atomic E-state index is 12.2. The molecule has 1 heterocycles. The summed E-state index contributed by atoms with van der Waals surface area (Å²) in [6, 6.07) is 6.38. The second-order valence-electron chi connectivity index (χ2n) is 6.36. The molecule has 7 nitrogen and oxygen atoms in total. The number of piperidine rings is 1. The molecule has 11 heteroatoms. The number of halogens is 4. The van der Waals surface area contributed by atoms with Crippen molar-refractivity contribution >= 4 is 36.0 Å². The highest BCUT2D eigenvalue weighted by Crippen LogP contribution is 2.19. The summed E-state index contributed by atoms with van der Waals surface area (Å²) in [5, 5.41) is 3.11. The number of hydrogen-bond acceptors (Lipinski definition) is 4. The van der Waals surface area contributed by atoms with E-state index < -0.39 is 12.8 Å². The number of guanidine groups is 1. The molecule has 3 N–H and O–H groups in total. The topological polar surface area (TPSA) is 89.2 Å². The second-order valence-corrected chi connectivity index (χ2v) is 6.36. The van der Waals surface area contributed by atoms with Gasteiger partial charge in [-0.3, -0.25) is 0 Å². The van der Waals surface area contributed by atoms with Crippen molar-refractivity contribution in [2.24, 2.45) is 10.7 Å². The number of amides is 1. The lowest BCUT2D eigenvalue weighted by atomic mass is 10.1. The van der Waals surface area contributed by atoms with Crippen molar-refractivity contribution in [2.45, 2.75) is 38.5 Å². The van der Waals surface area contributed by atoms with E-state index in [9.17, 15) is 18.0 Å². The van der Waals surface area contributed by atoms with E-state index in [4.69, 9.17) is 15.2 Å². The Hall–Kier alpha value is -1.92. The zero-order valence-corrected chi connectivity index (χ0v) is 18.4. The highest BCUT2D eigenvalue weighted by molar-refractivity contribution is 14.0. The number of nitrogens with two attached hydrogens (primary N) is 1. The number of ether oxygens (including phenoxy) is 2. The van der Waals surface area contributed by atoms with E-state index in [1.165, 1.54) is 12.1 Å². The fourth-order valence-corrected chi connectivity index (χ4v) is 2.75. The number of aliphatic imine (C=N–C) groups is 1. The molecule has 2 rings (SSSR count). The summed E-state index contributed by atoms with van der Waals surface area (Å²) in [6.45, 7) is 2.13. The molecule has 0 saturated carbocycles. The average molecular weight is 530 g/mol. The molecule has 1 aromatic rings. The molecule has 0 spiro atoms. The van der Waals surface area contributed by atoms with Gasteiger partial charge in [-0.15, -0.1) is 24.0 Å². The molecule has 0 atom stereocenters. The molecular formula is C18H26F3IN4O3. The number of hydrogen-bond donors (Lipinski definition) is 2. The van der Waals surface area contributed by atoms with Crippen molar-refractivity contribution in [1.82, 2.24) is 10.2 Å². The Bertz CT molecular complexity index is 681. The lowest BCUT2D eigenvalue weighted by Crippen LogP contribution is -2.48. The van der Waals surface area contributed by atoms with Crippen molar-refractivity contribution in [1.29, 1.82) is 0 Å². The van der Waals surface area contributed by atoms with Crippen LogP contribution in [0.3, 0.4) is 0 Å². The molecule has 1 fully saturated rings. The summed E-state index contributed by atoms with van der Waals surface area (Å²) in [6.07, 6.45) is -3.26. The highest BCUT2D eigenvalue weighted by Gasteiger charge is 2.28. The van der Waals surface area contributed by atoms with Gasteiger partial charge in [0.05, 0.1) is 13.2 Å². The van der Waals surface area contributed by atoms with Crippen molar-refractivity contribution in [3.8, 4) is 5.75 Å². The number of alkyl halides is 3. The molecular weight excluding hydrogens is 504 g/mol. The number of rotatable bonds is 6. The molecule has 1 amide bonds. The van der Waals surface area contributed by atoms with Crippen LogP contribution in [-0.2, 0) is 11.3 Å². The average Bonchev–Trinajstić information content (AvgIpc) is 2.65. The summed E-state index contributed by atoms with van der Waals surface area (Å²) < 4.78 is 46.4. The van der Waals surface area contributed by atoms with Crippen LogP contribution in [0.25, 0.3) is 0 Å². The fourth-order valence-electron chi connectivity index (χ4n) is 2.75. The van der Waals surface area contributed by atoms with Gasteiger partial charge in [0.25, 0.3) is 0 Å². The predicted octanol–water partition coefficient (Wildman–Crippen LogP) is 3.27. The molecule has 0 unspecified atom stereocenters. The minimum atomic E-state index is -4.38. The third kappa shape index (κ3) is 9.41. The standard InChI is InChI=1S/C18H25F3N4O3.HI/c1-2-27-17(26)25-8-6-14(7-9-25)24-16(22)23-11-13-4-3-5-15(10-13)28-12-18(19,20)21;/h3-5,10,14H,2,6-9,11-12H2,1H3,(H3,22,23,24);1H. The van der Waals surface area contributed by atoms with Gasteiger partial charge in [0, 0.05) is 19.1 Å². The maximum absolute atomic E-state index is 12.2. The molecule has 164 valence electrons. The number of likely N-dealkylation sites (tertiary alicyclic amines) is 1. The van der Waals surface area contributed by atoms with Gasteiger partial charge in [0.1, 0.15) is 5.75 Å². The van der Waals surface area contributed by atoms with Gasteiger partial charge in [-0.1, -0.05) is 12.1 Å². The van der Waals surface area contributed by atoms with Gasteiger partial charge in [-0.2, -0.15) is 13.2 Å². The second kappa shape index (κ2) is 11.9. The predicted molar refractivity (Wildman–Crippen MR) is 113 cm³/mol. The quantitative estimate of drug-likeness (QED) is 0.335. The Morgan fingerprint density at radius 1 is 1.34 bits per heavy atom. The van der Waals surface area contributed by atoms with E-state index in [0.717, 1.165) is 12.8 Å². The van der Waals surface area contributed by atoms with Crippen LogP contribution in [0.1, 0.15) is 25.3 Å². The van der Waals surface area contributed by atoms with Crippen LogP contribution < -0.4 is 15.8 Å².